The van der Waals surface area contributed by atoms with Crippen molar-refractivity contribution in [3.05, 3.63) is 59.4 Å². The number of hydrogen-bond donors (Lipinski definition) is 3. The van der Waals surface area contributed by atoms with E-state index in [4.69, 9.17) is 4.74 Å². The van der Waals surface area contributed by atoms with E-state index in [1.54, 1.807) is 18.2 Å². The Balaban J connectivity index is 0.00000338. The summed E-state index contributed by atoms with van der Waals surface area (Å²) < 4.78 is 18.6. The number of rotatable bonds is 8. The fraction of sp³-hybridized carbons (Fsp3) is 0.316. The van der Waals surface area contributed by atoms with Crippen LogP contribution < -0.4 is 22.5 Å². The molecule has 0 saturated carbocycles. The Bertz CT molecular complexity index is 724. The van der Waals surface area contributed by atoms with Gasteiger partial charge in [0.25, 0.3) is 0 Å². The molecule has 0 saturated heterocycles. The molecule has 0 bridgehead atoms. The molecule has 26 heavy (non-hydrogen) atoms. The number of quaternary nitrogens is 1. The molecule has 0 spiro atoms. The highest BCUT2D eigenvalue weighted by atomic mass is 35.5. The second-order valence-electron chi connectivity index (χ2n) is 5.94. The Labute approximate surface area is 158 Å². The molecule has 4 N–H and O–H groups in total. The van der Waals surface area contributed by atoms with Crippen LogP contribution in [0.3, 0.4) is 0 Å². The van der Waals surface area contributed by atoms with Gasteiger partial charge in [0.15, 0.2) is 17.3 Å². The number of carbonyl (C=O) groups is 1. The van der Waals surface area contributed by atoms with Crippen LogP contribution in [0.1, 0.15) is 35.4 Å². The maximum Gasteiger partial charge on any atom is 0.168 e. The molecule has 2 aromatic carbocycles. The molecule has 0 radical (unpaired) electrons. The first-order valence-electron chi connectivity index (χ1n) is 8.09. The zero-order valence-electron chi connectivity index (χ0n) is 14.7. The number of Topliss-reactive ketones (excluding diaryl/α,β-unsaturated/α-hetero) is 1. The van der Waals surface area contributed by atoms with Crippen molar-refractivity contribution in [1.82, 2.24) is 0 Å². The van der Waals surface area contributed by atoms with Gasteiger partial charge < -0.3 is 32.7 Å². The quantitative estimate of drug-likeness (QED) is 0.500. The topological polar surface area (TPSA) is 83.4 Å². The van der Waals surface area contributed by atoms with Crippen LogP contribution in [0, 0.1) is 5.82 Å². The number of ketones is 1. The molecule has 7 heteroatoms. The van der Waals surface area contributed by atoms with Crippen LogP contribution in [0.5, 0.6) is 11.5 Å². The average Bonchev–Trinajstić information content (AvgIpc) is 2.61. The van der Waals surface area contributed by atoms with E-state index < -0.39 is 11.9 Å². The highest BCUT2D eigenvalue weighted by Crippen LogP contribution is 2.22. The number of ether oxygens (including phenoxy) is 1. The Morgan fingerprint density at radius 1 is 1.23 bits per heavy atom. The van der Waals surface area contributed by atoms with Crippen molar-refractivity contribution in [2.24, 2.45) is 0 Å². The maximum atomic E-state index is 13.7. The summed E-state index contributed by atoms with van der Waals surface area (Å²) in [5, 5.41) is 21.4. The Hall–Kier alpha value is -2.15. The van der Waals surface area contributed by atoms with E-state index in [9.17, 15) is 19.4 Å². The standard InChI is InChI=1S/C19H22FNO4.ClH/c1-12(19(24)14-5-8-18(25-2)16(20)11-14)21-10-9-17(23)13-3-6-15(22)7-4-13;/h3-8,11-12,19,21-22,24H,9-10H2,1-2H3;1H. The third-order valence-electron chi connectivity index (χ3n) is 4.11. The van der Waals surface area contributed by atoms with Gasteiger partial charge in [-0.05, 0) is 48.9 Å². The number of aliphatic hydroxyl groups excluding tert-OH is 1. The lowest BCUT2D eigenvalue weighted by Crippen LogP contribution is -3.00. The Morgan fingerprint density at radius 2 is 1.88 bits per heavy atom. The van der Waals surface area contributed by atoms with Crippen molar-refractivity contribution in [3.8, 4) is 11.5 Å². The molecule has 142 valence electrons. The lowest BCUT2D eigenvalue weighted by Gasteiger charge is -2.18. The number of phenolic OH excluding ortho intramolecular Hbond substituents is 1. The zero-order chi connectivity index (χ0) is 18.4. The fourth-order valence-electron chi connectivity index (χ4n) is 2.57. The summed E-state index contributed by atoms with van der Waals surface area (Å²) >= 11 is 0. The van der Waals surface area contributed by atoms with Crippen LogP contribution in [0.15, 0.2) is 42.5 Å². The molecule has 2 rings (SSSR count). The smallest absolute Gasteiger partial charge is 0.168 e. The van der Waals surface area contributed by atoms with Gasteiger partial charge in [-0.25, -0.2) is 4.39 Å². The van der Waals surface area contributed by atoms with E-state index in [1.807, 2.05) is 12.2 Å². The summed E-state index contributed by atoms with van der Waals surface area (Å²) in [5.41, 5.74) is 1.00. The van der Waals surface area contributed by atoms with Gasteiger partial charge in [0.1, 0.15) is 17.9 Å². The number of methoxy groups -OCH3 is 1. The van der Waals surface area contributed by atoms with Crippen molar-refractivity contribution >= 4 is 5.78 Å². The number of nitrogens with two attached hydrogens (primary N) is 1. The summed E-state index contributed by atoms with van der Waals surface area (Å²) in [6, 6.07) is 10.2. The van der Waals surface area contributed by atoms with Gasteiger partial charge in [0, 0.05) is 5.56 Å². The number of phenols is 1. The fourth-order valence-corrected chi connectivity index (χ4v) is 2.57. The van der Waals surface area contributed by atoms with Gasteiger partial charge >= 0.3 is 0 Å². The molecular weight excluding hydrogens is 361 g/mol. The highest BCUT2D eigenvalue weighted by molar-refractivity contribution is 5.96. The first-order valence-corrected chi connectivity index (χ1v) is 8.09. The van der Waals surface area contributed by atoms with Gasteiger partial charge in [-0.15, -0.1) is 0 Å². The minimum absolute atomic E-state index is 0. The molecule has 2 unspecified atom stereocenters. The van der Waals surface area contributed by atoms with Crippen LogP contribution >= 0.6 is 0 Å². The summed E-state index contributed by atoms with van der Waals surface area (Å²) in [6.07, 6.45) is -0.553. The number of hydrogen-bond acceptors (Lipinski definition) is 4. The van der Waals surface area contributed by atoms with E-state index in [0.717, 1.165) is 0 Å². The van der Waals surface area contributed by atoms with E-state index in [-0.39, 0.29) is 35.7 Å². The molecular formula is C19H23ClFNO4. The lowest BCUT2D eigenvalue weighted by molar-refractivity contribution is -0.693. The van der Waals surface area contributed by atoms with Gasteiger partial charge in [-0.3, -0.25) is 4.79 Å². The summed E-state index contributed by atoms with van der Waals surface area (Å²) in [5.74, 6) is -0.305. The first kappa shape index (κ1) is 21.9. The second kappa shape index (κ2) is 10.1. The van der Waals surface area contributed by atoms with Crippen LogP contribution in [-0.2, 0) is 0 Å². The molecule has 0 aliphatic heterocycles. The normalized spacial score (nSPS) is 12.8. The largest absolute Gasteiger partial charge is 1.00 e. The monoisotopic (exact) mass is 383 g/mol. The van der Waals surface area contributed by atoms with Crippen molar-refractivity contribution in [3.63, 3.8) is 0 Å². The molecule has 0 heterocycles. The molecule has 2 aromatic rings. The van der Waals surface area contributed by atoms with Crippen LogP contribution in [-0.4, -0.2) is 35.7 Å². The van der Waals surface area contributed by atoms with E-state index in [1.165, 1.54) is 31.4 Å². The molecule has 5 nitrogen and oxygen atoms in total. The minimum atomic E-state index is -0.857. The SMILES string of the molecule is COc1ccc(C(O)C(C)[NH2+]CCC(=O)c2ccc(O)cc2)cc1F.[Cl-]. The molecule has 0 amide bonds. The number of carbonyl (C=O) groups excluding carboxylic acids is 1. The van der Waals surface area contributed by atoms with Crippen molar-refractivity contribution < 1.29 is 41.9 Å². The van der Waals surface area contributed by atoms with Crippen molar-refractivity contribution in [2.75, 3.05) is 13.7 Å². The minimum Gasteiger partial charge on any atom is -1.00 e. The molecule has 0 aliphatic carbocycles. The number of halogens is 2. The molecule has 0 aliphatic rings. The third-order valence-corrected chi connectivity index (χ3v) is 4.11. The van der Waals surface area contributed by atoms with E-state index >= 15 is 0 Å². The number of benzene rings is 2. The summed E-state index contributed by atoms with van der Waals surface area (Å²) in [4.78, 5) is 12.1. The van der Waals surface area contributed by atoms with Crippen molar-refractivity contribution in [2.45, 2.75) is 25.5 Å². The predicted octanol–water partition coefficient (Wildman–Crippen LogP) is -1.20. The average molecular weight is 384 g/mol. The van der Waals surface area contributed by atoms with Crippen LogP contribution in [0.25, 0.3) is 0 Å². The van der Waals surface area contributed by atoms with Crippen LogP contribution in [0.2, 0.25) is 0 Å². The Kier molecular flexibility index (Phi) is 8.51. The summed E-state index contributed by atoms with van der Waals surface area (Å²) in [6.45, 7) is 2.31. The van der Waals surface area contributed by atoms with Crippen LogP contribution in [0.4, 0.5) is 4.39 Å². The number of aromatic hydroxyl groups is 1. The first-order chi connectivity index (χ1) is 11.9. The van der Waals surface area contributed by atoms with Gasteiger partial charge in [-0.1, -0.05) is 6.07 Å². The highest BCUT2D eigenvalue weighted by Gasteiger charge is 2.21. The molecule has 0 aromatic heterocycles. The van der Waals surface area contributed by atoms with Gasteiger partial charge in [0.05, 0.1) is 20.1 Å². The molecule has 0 fully saturated rings. The van der Waals surface area contributed by atoms with Gasteiger partial charge in [0.2, 0.25) is 0 Å². The van der Waals surface area contributed by atoms with E-state index in [2.05, 4.69) is 0 Å². The maximum absolute atomic E-state index is 13.7. The molecule has 2 atom stereocenters. The third kappa shape index (κ3) is 5.69. The lowest BCUT2D eigenvalue weighted by atomic mass is 10.0. The number of aliphatic hydroxyl groups is 1. The van der Waals surface area contributed by atoms with Crippen molar-refractivity contribution in [1.29, 1.82) is 0 Å². The Morgan fingerprint density at radius 3 is 2.46 bits per heavy atom. The summed E-state index contributed by atoms with van der Waals surface area (Å²) in [7, 11) is 1.38. The second-order valence-corrected chi connectivity index (χ2v) is 5.94. The zero-order valence-corrected chi connectivity index (χ0v) is 15.4. The predicted molar refractivity (Wildman–Crippen MR) is 91.2 cm³/mol. The van der Waals surface area contributed by atoms with Gasteiger partial charge in [-0.2, -0.15) is 0 Å². The van der Waals surface area contributed by atoms with E-state index in [0.29, 0.717) is 24.1 Å².